The Morgan fingerprint density at radius 3 is 2.86 bits per heavy atom. The van der Waals surface area contributed by atoms with Crippen molar-refractivity contribution in [2.75, 3.05) is 7.11 Å². The molecule has 1 rings (SSSR count). The number of carbonyl (C=O) groups is 1. The average Bonchev–Trinajstić information content (AvgIpc) is 2.44. The maximum atomic E-state index is 11.1. The Hall–Kier alpha value is -0.840. The smallest absolute Gasteiger partial charge is 0.319 e. The number of hydrogen-bond acceptors (Lipinski definition) is 3. The van der Waals surface area contributed by atoms with E-state index in [0.717, 1.165) is 11.3 Å². The van der Waals surface area contributed by atoms with E-state index in [-0.39, 0.29) is 10.8 Å². The molecule has 1 aromatic heterocycles. The Labute approximate surface area is 91.4 Å². The maximum Gasteiger partial charge on any atom is 0.319 e. The van der Waals surface area contributed by atoms with Crippen LogP contribution in [0.4, 0.5) is 0 Å². The van der Waals surface area contributed by atoms with Gasteiger partial charge in [-0.05, 0) is 18.9 Å². The molecule has 0 N–H and O–H groups in total. The van der Waals surface area contributed by atoms with Gasteiger partial charge in [0.1, 0.15) is 4.83 Å². The van der Waals surface area contributed by atoms with Crippen molar-refractivity contribution in [1.82, 2.24) is 9.78 Å². The van der Waals surface area contributed by atoms with E-state index in [1.807, 2.05) is 20.2 Å². The predicted molar refractivity (Wildman–Crippen MR) is 56.4 cm³/mol. The number of alkyl halides is 1. The van der Waals surface area contributed by atoms with E-state index in [9.17, 15) is 4.79 Å². The lowest BCUT2D eigenvalue weighted by atomic mass is 10.1. The van der Waals surface area contributed by atoms with Crippen molar-refractivity contribution in [3.05, 3.63) is 17.5 Å². The second-order valence-electron chi connectivity index (χ2n) is 3.11. The van der Waals surface area contributed by atoms with E-state index in [1.54, 1.807) is 4.68 Å². The molecule has 78 valence electrons. The summed E-state index contributed by atoms with van der Waals surface area (Å²) < 4.78 is 6.36. The van der Waals surface area contributed by atoms with Gasteiger partial charge >= 0.3 is 5.97 Å². The first-order valence-electron chi connectivity index (χ1n) is 4.25. The molecule has 0 spiro atoms. The van der Waals surface area contributed by atoms with Gasteiger partial charge in [0.25, 0.3) is 0 Å². The van der Waals surface area contributed by atoms with E-state index in [0.29, 0.717) is 6.42 Å². The molecule has 0 saturated carbocycles. The number of aryl methyl sites for hydroxylation is 2. The van der Waals surface area contributed by atoms with Crippen LogP contribution in [0.3, 0.4) is 0 Å². The van der Waals surface area contributed by atoms with Crippen LogP contribution in [0.1, 0.15) is 11.3 Å². The number of halogens is 1. The highest BCUT2D eigenvalue weighted by Crippen LogP contribution is 2.13. The standard InChI is InChI=1S/C9H13BrN2O2/c1-6-7(5-12(2)11-6)4-8(10)9(13)14-3/h5,8H,4H2,1-3H3. The van der Waals surface area contributed by atoms with Crippen molar-refractivity contribution < 1.29 is 9.53 Å². The summed E-state index contributed by atoms with van der Waals surface area (Å²) >= 11 is 3.27. The lowest BCUT2D eigenvalue weighted by Crippen LogP contribution is -2.18. The molecule has 5 heteroatoms. The number of carbonyl (C=O) groups excluding carboxylic acids is 1. The van der Waals surface area contributed by atoms with Gasteiger partial charge in [-0.25, -0.2) is 0 Å². The van der Waals surface area contributed by atoms with E-state index in [4.69, 9.17) is 0 Å². The van der Waals surface area contributed by atoms with E-state index < -0.39 is 0 Å². The fourth-order valence-electron chi connectivity index (χ4n) is 1.25. The highest BCUT2D eigenvalue weighted by molar-refractivity contribution is 9.10. The van der Waals surface area contributed by atoms with Gasteiger partial charge in [0.05, 0.1) is 12.8 Å². The number of hydrogen-bond donors (Lipinski definition) is 0. The minimum absolute atomic E-state index is 0.256. The zero-order valence-electron chi connectivity index (χ0n) is 8.45. The highest BCUT2D eigenvalue weighted by Gasteiger charge is 2.17. The Balaban J connectivity index is 2.69. The molecule has 1 atom stereocenters. The second-order valence-corrected chi connectivity index (χ2v) is 4.21. The Morgan fingerprint density at radius 2 is 2.43 bits per heavy atom. The quantitative estimate of drug-likeness (QED) is 0.606. The summed E-state index contributed by atoms with van der Waals surface area (Å²) in [6, 6.07) is 0. The van der Waals surface area contributed by atoms with Gasteiger partial charge in [-0.2, -0.15) is 5.10 Å². The van der Waals surface area contributed by atoms with Gasteiger partial charge in [-0.3, -0.25) is 9.48 Å². The van der Waals surface area contributed by atoms with Crippen molar-refractivity contribution in [2.45, 2.75) is 18.2 Å². The molecule has 14 heavy (non-hydrogen) atoms. The zero-order chi connectivity index (χ0) is 10.7. The van der Waals surface area contributed by atoms with E-state index in [2.05, 4.69) is 25.8 Å². The van der Waals surface area contributed by atoms with Crippen molar-refractivity contribution >= 4 is 21.9 Å². The molecule has 1 aromatic rings. The molecule has 1 unspecified atom stereocenters. The number of ether oxygens (including phenoxy) is 1. The normalized spacial score (nSPS) is 12.6. The minimum Gasteiger partial charge on any atom is -0.468 e. The lowest BCUT2D eigenvalue weighted by Gasteiger charge is -2.05. The third kappa shape index (κ3) is 2.57. The van der Waals surface area contributed by atoms with E-state index in [1.165, 1.54) is 7.11 Å². The van der Waals surface area contributed by atoms with Crippen LogP contribution in [0.5, 0.6) is 0 Å². The predicted octanol–water partition coefficient (Wildman–Crippen LogP) is 1.21. The van der Waals surface area contributed by atoms with Crippen LogP contribution in [0.25, 0.3) is 0 Å². The Bertz CT molecular complexity index is 336. The third-order valence-electron chi connectivity index (χ3n) is 1.97. The number of esters is 1. The number of methoxy groups -OCH3 is 1. The molecule has 0 aromatic carbocycles. The van der Waals surface area contributed by atoms with Gasteiger partial charge in [-0.1, -0.05) is 15.9 Å². The second kappa shape index (κ2) is 4.59. The molecule has 1 heterocycles. The molecule has 0 fully saturated rings. The van der Waals surface area contributed by atoms with E-state index >= 15 is 0 Å². The summed E-state index contributed by atoms with van der Waals surface area (Å²) in [7, 11) is 3.24. The molecule has 4 nitrogen and oxygen atoms in total. The summed E-state index contributed by atoms with van der Waals surface area (Å²) in [4.78, 5) is 10.8. The molecule has 0 bridgehead atoms. The first-order valence-corrected chi connectivity index (χ1v) is 5.17. The lowest BCUT2D eigenvalue weighted by molar-refractivity contribution is -0.139. The van der Waals surface area contributed by atoms with Crippen LogP contribution < -0.4 is 0 Å². The minimum atomic E-state index is -0.296. The first kappa shape index (κ1) is 11.2. The van der Waals surface area contributed by atoms with Crippen LogP contribution in [-0.2, 0) is 23.0 Å². The number of aromatic nitrogens is 2. The Morgan fingerprint density at radius 1 is 1.79 bits per heavy atom. The average molecular weight is 261 g/mol. The van der Waals surface area contributed by atoms with Crippen LogP contribution in [0.15, 0.2) is 6.20 Å². The molecular weight excluding hydrogens is 248 g/mol. The van der Waals surface area contributed by atoms with Gasteiger partial charge < -0.3 is 4.74 Å². The molecule has 0 amide bonds. The molecule has 0 aliphatic carbocycles. The molecule has 0 saturated heterocycles. The van der Waals surface area contributed by atoms with Gasteiger partial charge in [0.2, 0.25) is 0 Å². The highest BCUT2D eigenvalue weighted by atomic mass is 79.9. The van der Waals surface area contributed by atoms with Crippen LogP contribution >= 0.6 is 15.9 Å². The third-order valence-corrected chi connectivity index (χ3v) is 2.67. The van der Waals surface area contributed by atoms with Crippen molar-refractivity contribution in [3.8, 4) is 0 Å². The molecular formula is C9H13BrN2O2. The largest absolute Gasteiger partial charge is 0.468 e. The fourth-order valence-corrected chi connectivity index (χ4v) is 1.79. The van der Waals surface area contributed by atoms with Gasteiger partial charge in [-0.15, -0.1) is 0 Å². The van der Waals surface area contributed by atoms with Crippen molar-refractivity contribution in [2.24, 2.45) is 7.05 Å². The Kier molecular flexibility index (Phi) is 3.69. The van der Waals surface area contributed by atoms with Crippen LogP contribution in [0.2, 0.25) is 0 Å². The number of nitrogens with zero attached hydrogens (tertiary/aromatic N) is 2. The van der Waals surface area contributed by atoms with Crippen LogP contribution in [0, 0.1) is 6.92 Å². The summed E-state index contributed by atoms with van der Waals surface area (Å²) in [5.74, 6) is -0.256. The van der Waals surface area contributed by atoms with Gasteiger partial charge in [0.15, 0.2) is 0 Å². The summed E-state index contributed by atoms with van der Waals surface area (Å²) in [5.41, 5.74) is 2.00. The summed E-state index contributed by atoms with van der Waals surface area (Å²) in [6.07, 6.45) is 2.51. The maximum absolute atomic E-state index is 11.1. The molecule has 0 aliphatic heterocycles. The SMILES string of the molecule is COC(=O)C(Br)Cc1cn(C)nc1C. The van der Waals surface area contributed by atoms with Crippen molar-refractivity contribution in [1.29, 1.82) is 0 Å². The molecule has 0 radical (unpaired) electrons. The van der Waals surface area contributed by atoms with Crippen molar-refractivity contribution in [3.63, 3.8) is 0 Å². The molecule has 0 aliphatic rings. The number of rotatable bonds is 3. The monoisotopic (exact) mass is 260 g/mol. The summed E-state index contributed by atoms with van der Waals surface area (Å²) in [5, 5.41) is 4.19. The fraction of sp³-hybridized carbons (Fsp3) is 0.556. The van der Waals surface area contributed by atoms with Gasteiger partial charge in [0, 0.05) is 13.2 Å². The zero-order valence-corrected chi connectivity index (χ0v) is 10.0. The topological polar surface area (TPSA) is 44.1 Å². The summed E-state index contributed by atoms with van der Waals surface area (Å²) in [6.45, 7) is 1.92. The van der Waals surface area contributed by atoms with Crippen LogP contribution in [-0.4, -0.2) is 27.7 Å². The first-order chi connectivity index (χ1) is 6.54.